The van der Waals surface area contributed by atoms with Crippen LogP contribution in [0.5, 0.6) is 0 Å². The van der Waals surface area contributed by atoms with E-state index in [1.807, 2.05) is 24.2 Å². The summed E-state index contributed by atoms with van der Waals surface area (Å²) < 4.78 is 44.0. The number of benzene rings is 1. The number of ether oxygens (including phenoxy) is 1. The predicted octanol–water partition coefficient (Wildman–Crippen LogP) is 4.23. The first-order valence-corrected chi connectivity index (χ1v) is 11.2. The lowest BCUT2D eigenvalue weighted by Gasteiger charge is -2.44. The van der Waals surface area contributed by atoms with E-state index in [1.54, 1.807) is 24.3 Å². The van der Waals surface area contributed by atoms with Crippen molar-refractivity contribution in [1.29, 1.82) is 0 Å². The van der Waals surface area contributed by atoms with E-state index in [0.717, 1.165) is 6.07 Å². The Morgan fingerprint density at radius 2 is 1.82 bits per heavy atom. The number of halogens is 3. The largest absolute Gasteiger partial charge is 0.489 e. The van der Waals surface area contributed by atoms with Crippen LogP contribution in [-0.4, -0.2) is 60.4 Å². The molecule has 2 aromatic rings. The lowest BCUT2D eigenvalue weighted by atomic mass is 9.94. The molecule has 1 saturated heterocycles. The highest BCUT2D eigenvalue weighted by atomic mass is 19.4. The summed E-state index contributed by atoms with van der Waals surface area (Å²) in [6, 6.07) is 10.8. The molecule has 0 bridgehead atoms. The number of piperidine rings is 1. The van der Waals surface area contributed by atoms with Gasteiger partial charge in [-0.05, 0) is 12.1 Å². The summed E-state index contributed by atoms with van der Waals surface area (Å²) in [5.74, 6) is -0.00583. The molecule has 180 valence electrons. The van der Waals surface area contributed by atoms with Crippen LogP contribution in [0.2, 0.25) is 0 Å². The van der Waals surface area contributed by atoms with E-state index in [4.69, 9.17) is 4.74 Å². The SMILES string of the molecule is COC1=C[N+](C)(C2CCN(c3ccc(C(F)(F)F)nc3)CC2)C(CC(=O)c2ccccc2)C1=O. The van der Waals surface area contributed by atoms with Gasteiger partial charge in [-0.25, -0.2) is 4.98 Å². The number of nitrogens with zero attached hydrogens (tertiary/aromatic N) is 3. The van der Waals surface area contributed by atoms with Crippen LogP contribution in [0.4, 0.5) is 18.9 Å². The molecule has 1 fully saturated rings. The summed E-state index contributed by atoms with van der Waals surface area (Å²) in [7, 11) is 3.41. The van der Waals surface area contributed by atoms with Gasteiger partial charge in [0, 0.05) is 31.5 Å². The highest BCUT2D eigenvalue weighted by Gasteiger charge is 2.52. The van der Waals surface area contributed by atoms with E-state index >= 15 is 0 Å². The van der Waals surface area contributed by atoms with Gasteiger partial charge in [0.15, 0.2) is 11.8 Å². The Morgan fingerprint density at radius 1 is 1.15 bits per heavy atom. The van der Waals surface area contributed by atoms with Crippen molar-refractivity contribution in [2.45, 2.75) is 37.5 Å². The zero-order chi connectivity index (χ0) is 24.5. The summed E-state index contributed by atoms with van der Waals surface area (Å²) in [5.41, 5.74) is 0.288. The van der Waals surface area contributed by atoms with Gasteiger partial charge in [0.1, 0.15) is 11.9 Å². The molecule has 2 atom stereocenters. The quantitative estimate of drug-likeness (QED) is 0.463. The molecule has 0 saturated carbocycles. The van der Waals surface area contributed by atoms with E-state index in [1.165, 1.54) is 19.4 Å². The lowest BCUT2D eigenvalue weighted by Crippen LogP contribution is -2.58. The third kappa shape index (κ3) is 4.57. The van der Waals surface area contributed by atoms with Crippen molar-refractivity contribution in [3.8, 4) is 0 Å². The second-order valence-electron chi connectivity index (χ2n) is 8.91. The average molecular weight is 475 g/mol. The van der Waals surface area contributed by atoms with E-state index in [2.05, 4.69) is 4.98 Å². The van der Waals surface area contributed by atoms with Gasteiger partial charge in [-0.15, -0.1) is 0 Å². The summed E-state index contributed by atoms with van der Waals surface area (Å²) in [6.45, 7) is 1.21. The molecular weight excluding hydrogens is 447 g/mol. The molecule has 0 spiro atoms. The van der Waals surface area contributed by atoms with Gasteiger partial charge in [-0.1, -0.05) is 30.3 Å². The summed E-state index contributed by atoms with van der Waals surface area (Å²) in [4.78, 5) is 31.6. The molecule has 1 aromatic carbocycles. The topological polar surface area (TPSA) is 59.5 Å². The van der Waals surface area contributed by atoms with Crippen LogP contribution >= 0.6 is 0 Å². The summed E-state index contributed by atoms with van der Waals surface area (Å²) in [5, 5.41) is 0. The third-order valence-corrected chi connectivity index (χ3v) is 6.96. The van der Waals surface area contributed by atoms with Crippen LogP contribution in [0.3, 0.4) is 0 Å². The number of carbonyl (C=O) groups is 2. The minimum absolute atomic E-state index is 0.0591. The Hall–Kier alpha value is -3.20. The molecule has 0 amide bonds. The lowest BCUT2D eigenvalue weighted by molar-refractivity contribution is -0.897. The van der Waals surface area contributed by atoms with Crippen LogP contribution in [0.25, 0.3) is 0 Å². The van der Waals surface area contributed by atoms with Crippen molar-refractivity contribution in [2.24, 2.45) is 0 Å². The first-order chi connectivity index (χ1) is 16.1. The van der Waals surface area contributed by atoms with Crippen LogP contribution in [0, 0.1) is 0 Å². The number of rotatable bonds is 6. The fourth-order valence-electron chi connectivity index (χ4n) is 4.96. The number of quaternary nitrogens is 1. The van der Waals surface area contributed by atoms with E-state index in [0.29, 0.717) is 37.2 Å². The van der Waals surface area contributed by atoms with Gasteiger partial charge in [0.2, 0.25) is 5.76 Å². The maximum Gasteiger partial charge on any atom is 0.433 e. The molecule has 0 N–H and O–H groups in total. The number of alkyl halides is 3. The molecule has 4 rings (SSSR count). The summed E-state index contributed by atoms with van der Waals surface area (Å²) in [6.07, 6.45) is 0.0763. The number of aromatic nitrogens is 1. The van der Waals surface area contributed by atoms with Gasteiger partial charge in [0.05, 0.1) is 38.5 Å². The van der Waals surface area contributed by atoms with Crippen LogP contribution in [-0.2, 0) is 15.7 Å². The number of pyridine rings is 1. The van der Waals surface area contributed by atoms with Gasteiger partial charge in [-0.3, -0.25) is 14.1 Å². The Kier molecular flexibility index (Phi) is 6.49. The van der Waals surface area contributed by atoms with Crippen molar-refractivity contribution in [1.82, 2.24) is 4.98 Å². The predicted molar refractivity (Wildman–Crippen MR) is 120 cm³/mol. The van der Waals surface area contributed by atoms with Crippen LogP contribution < -0.4 is 4.90 Å². The maximum atomic E-state index is 13.1. The van der Waals surface area contributed by atoms with Crippen molar-refractivity contribution < 1.29 is 32.0 Å². The molecule has 0 aliphatic carbocycles. The molecule has 0 radical (unpaired) electrons. The Bertz CT molecular complexity index is 1080. The second kappa shape index (κ2) is 9.21. The molecule has 2 unspecified atom stereocenters. The van der Waals surface area contributed by atoms with Gasteiger partial charge < -0.3 is 9.64 Å². The number of likely N-dealkylation sites (N-methyl/N-ethyl adjacent to an activating group) is 1. The minimum Gasteiger partial charge on any atom is -0.489 e. The molecule has 34 heavy (non-hydrogen) atoms. The van der Waals surface area contributed by atoms with Gasteiger partial charge in [-0.2, -0.15) is 13.2 Å². The second-order valence-corrected chi connectivity index (χ2v) is 8.91. The number of anilines is 1. The zero-order valence-corrected chi connectivity index (χ0v) is 19.1. The van der Waals surface area contributed by atoms with Gasteiger partial charge >= 0.3 is 6.18 Å². The molecule has 6 nitrogen and oxygen atoms in total. The molecule has 2 aliphatic heterocycles. The Labute approximate surface area is 196 Å². The number of hydrogen-bond acceptors (Lipinski definition) is 5. The average Bonchev–Trinajstić information content (AvgIpc) is 3.09. The van der Waals surface area contributed by atoms with Gasteiger partial charge in [0.25, 0.3) is 5.78 Å². The van der Waals surface area contributed by atoms with Crippen molar-refractivity contribution in [2.75, 3.05) is 32.1 Å². The van der Waals surface area contributed by atoms with E-state index in [9.17, 15) is 22.8 Å². The van der Waals surface area contributed by atoms with E-state index < -0.39 is 17.9 Å². The Balaban J connectivity index is 1.49. The molecule has 9 heteroatoms. The maximum absolute atomic E-state index is 13.1. The zero-order valence-electron chi connectivity index (χ0n) is 19.1. The normalized spacial score (nSPS) is 23.7. The number of Topliss-reactive ketones (excluding diaryl/α,β-unsaturated/α-hetero) is 2. The molecule has 1 aromatic heterocycles. The van der Waals surface area contributed by atoms with E-state index in [-0.39, 0.29) is 34.3 Å². The fourth-order valence-corrected chi connectivity index (χ4v) is 4.96. The molecule has 3 heterocycles. The first-order valence-electron chi connectivity index (χ1n) is 11.2. The molecule has 2 aliphatic rings. The Morgan fingerprint density at radius 3 is 2.38 bits per heavy atom. The third-order valence-electron chi connectivity index (χ3n) is 6.96. The van der Waals surface area contributed by atoms with Crippen LogP contribution in [0.15, 0.2) is 60.6 Å². The minimum atomic E-state index is -4.47. The number of carbonyl (C=O) groups excluding carboxylic acids is 2. The van der Waals surface area contributed by atoms with Crippen molar-refractivity contribution in [3.63, 3.8) is 0 Å². The fraction of sp³-hybridized carbons (Fsp3) is 0.400. The van der Waals surface area contributed by atoms with Crippen molar-refractivity contribution >= 4 is 17.3 Å². The van der Waals surface area contributed by atoms with Crippen molar-refractivity contribution in [3.05, 3.63) is 71.9 Å². The smallest absolute Gasteiger partial charge is 0.433 e. The standard InChI is InChI=1S/C25H27F3N3O3/c1-31(16-22(34-2)24(33)20(31)14-21(32)17-6-4-3-5-7-17)19-10-12-30(13-11-19)18-8-9-23(29-15-18)25(26,27)28/h3-9,15-16,19-20H,10-14H2,1-2H3/q+1. The monoisotopic (exact) mass is 474 g/mol. The summed E-state index contributed by atoms with van der Waals surface area (Å²) >= 11 is 0. The number of methoxy groups -OCH3 is 1. The molecular formula is C25H27F3N3O3+. The number of ketones is 2. The van der Waals surface area contributed by atoms with Crippen LogP contribution in [0.1, 0.15) is 35.3 Å². The first kappa shape index (κ1) is 23.9. The number of hydrogen-bond donors (Lipinski definition) is 0. The highest BCUT2D eigenvalue weighted by Crippen LogP contribution is 2.37. The highest BCUT2D eigenvalue weighted by molar-refractivity contribution is 6.04.